The van der Waals surface area contributed by atoms with Crippen LogP contribution >= 0.6 is 12.4 Å². The average Bonchev–Trinajstić information content (AvgIpc) is 3.30. The van der Waals surface area contributed by atoms with Crippen molar-refractivity contribution in [3.05, 3.63) is 0 Å². The Labute approximate surface area is 451 Å². The molecule has 8 fully saturated rings. The third kappa shape index (κ3) is 27.8. The van der Waals surface area contributed by atoms with Crippen LogP contribution < -0.4 is 56.6 Å². The molecule has 3 radical (unpaired) electrons. The number of rotatable bonds is 6. The van der Waals surface area contributed by atoms with Gasteiger partial charge in [-0.15, -0.1) is 12.4 Å². The molecule has 19 heteroatoms. The van der Waals surface area contributed by atoms with Gasteiger partial charge in [-0.1, -0.05) is 0 Å². The summed E-state index contributed by atoms with van der Waals surface area (Å²) in [5, 5.41) is 12.2. The van der Waals surface area contributed by atoms with Gasteiger partial charge in [0.1, 0.15) is 5.78 Å². The maximum absolute atomic E-state index is 11.0. The number of hydrogen-bond donors (Lipinski definition) is 5. The van der Waals surface area contributed by atoms with Crippen LogP contribution in [0, 0.1) is 0 Å². The number of hydrogen-bond acceptors (Lipinski definition) is 13. The number of nitrogens with one attached hydrogen (secondary N) is 4. The summed E-state index contributed by atoms with van der Waals surface area (Å²) >= 11 is 0. The van der Waals surface area contributed by atoms with Crippen molar-refractivity contribution in [2.24, 2.45) is 5.73 Å². The molecule has 395 valence electrons. The quantitative estimate of drug-likeness (QED) is 0.210. The van der Waals surface area contributed by atoms with E-state index < -0.39 is 0 Å². The standard InChI is InChI=1S/2C13H25N3O.C11H23N3.C8H13NO2.C5H12N2.B.ClH.Na.H/c2*1-11(17)14-12-3-5-13(6-4-12)16-9-7-15(2)8-10-16;1-13-6-8-14(9-7-13)11-4-2-10(12)3-5-11;1-6(10)9-7-2-4-8(11)5-3-7;1-7-4-2-6-3-5-7;;;;/h2*12-13H,3-10H2,1-2H3,(H,14,17);10-11H,2-9,12H2,1H3;7H,2-5H2,1H3,(H,9,10);6H,2-5H2,1H3;;1H;;/q;;;;;;;+1;-1. The fourth-order valence-electron chi connectivity index (χ4n) is 10.9. The molecule has 4 aliphatic carbocycles. The second kappa shape index (κ2) is 36.9. The normalized spacial score (nSPS) is 29.2. The molecule has 6 N–H and O–H groups in total. The van der Waals surface area contributed by atoms with E-state index in [-0.39, 0.29) is 75.6 Å². The van der Waals surface area contributed by atoms with Crippen LogP contribution in [0.2, 0.25) is 0 Å². The van der Waals surface area contributed by atoms with Crippen molar-refractivity contribution in [2.45, 2.75) is 166 Å². The van der Waals surface area contributed by atoms with E-state index in [0.717, 1.165) is 69.7 Å². The molecule has 16 nitrogen and oxygen atoms in total. The summed E-state index contributed by atoms with van der Waals surface area (Å²) in [6, 6.07) is 3.93. The monoisotopic (exact) mass is 1000 g/mol. The predicted molar refractivity (Wildman–Crippen MR) is 283 cm³/mol. The molecule has 8 aliphatic rings. The van der Waals surface area contributed by atoms with E-state index in [1.807, 2.05) is 0 Å². The van der Waals surface area contributed by atoms with E-state index in [1.165, 1.54) is 150 Å². The summed E-state index contributed by atoms with van der Waals surface area (Å²) < 4.78 is 0. The van der Waals surface area contributed by atoms with Crippen LogP contribution in [0.1, 0.15) is 125 Å². The van der Waals surface area contributed by atoms with Crippen LogP contribution in [0.3, 0.4) is 0 Å². The molecule has 0 aromatic rings. The van der Waals surface area contributed by atoms with Gasteiger partial charge in [-0.2, -0.15) is 0 Å². The minimum atomic E-state index is 0. The van der Waals surface area contributed by atoms with E-state index in [9.17, 15) is 19.2 Å². The molecule has 4 aliphatic heterocycles. The van der Waals surface area contributed by atoms with Gasteiger partial charge in [0.15, 0.2) is 0 Å². The number of Topliss-reactive ketones (excluding diaryl/α,β-unsaturated/α-hetero) is 1. The van der Waals surface area contributed by atoms with Crippen molar-refractivity contribution in [3.8, 4) is 0 Å². The Balaban J connectivity index is 0.000000859. The molecule has 8 rings (SSSR count). The number of amides is 3. The van der Waals surface area contributed by atoms with Crippen molar-refractivity contribution < 1.29 is 50.2 Å². The number of carbonyl (C=O) groups is 4. The fraction of sp³-hybridized carbons (Fsp3) is 0.920. The van der Waals surface area contributed by atoms with Crippen molar-refractivity contribution in [3.63, 3.8) is 0 Å². The third-order valence-electron chi connectivity index (χ3n) is 15.4. The van der Waals surface area contributed by atoms with Crippen LogP contribution in [0.15, 0.2) is 0 Å². The van der Waals surface area contributed by atoms with Gasteiger partial charge in [0.25, 0.3) is 0 Å². The first kappa shape index (κ1) is 66.1. The molecule has 0 unspecified atom stereocenters. The number of nitrogens with zero attached hydrogens (tertiary/aromatic N) is 7. The molecule has 0 aromatic heterocycles. The predicted octanol–water partition coefficient (Wildman–Crippen LogP) is -0.821. The SMILES string of the molecule is CC(=O)NC1CCC(=O)CC1.CC(=O)NC1CCC(N2CCN(C)CC2)CC1.CC(=O)NC1CCC(N2CCN(C)CC2)CC1.CN1CCN(C2CCC(N)CC2)CC1.CN1CCNCC1.Cl.[B].[H-].[Na+]. The molecule has 0 aromatic carbocycles. The van der Waals surface area contributed by atoms with Gasteiger partial charge in [0.05, 0.1) is 0 Å². The van der Waals surface area contributed by atoms with E-state index in [0.29, 0.717) is 36.8 Å². The average molecular weight is 1000 g/mol. The summed E-state index contributed by atoms with van der Waals surface area (Å²) in [5.41, 5.74) is 5.92. The number of halogens is 1. The fourth-order valence-corrected chi connectivity index (χ4v) is 10.9. The van der Waals surface area contributed by atoms with Crippen molar-refractivity contribution >= 4 is 44.3 Å². The van der Waals surface area contributed by atoms with Gasteiger partial charge >= 0.3 is 29.6 Å². The van der Waals surface area contributed by atoms with Gasteiger partial charge in [0, 0.05) is 189 Å². The number of nitrogens with two attached hydrogens (primary N) is 1. The zero-order valence-electron chi connectivity index (χ0n) is 46.0. The maximum Gasteiger partial charge on any atom is 1.00 e. The number of carbonyl (C=O) groups excluding carboxylic acids is 4. The van der Waals surface area contributed by atoms with Crippen molar-refractivity contribution in [2.75, 3.05) is 133 Å². The second-order valence-corrected chi connectivity index (χ2v) is 21.1. The molecule has 0 atom stereocenters. The zero-order valence-corrected chi connectivity index (χ0v) is 47.8. The molecule has 0 bridgehead atoms. The molecular formula is C50H100BClN12NaO4. The Morgan fingerprint density at radius 1 is 0.464 bits per heavy atom. The Morgan fingerprint density at radius 3 is 0.986 bits per heavy atom. The molecular weight excluding hydrogens is 902 g/mol. The largest absolute Gasteiger partial charge is 1.00 e. The van der Waals surface area contributed by atoms with Gasteiger partial charge < -0.3 is 48.0 Å². The van der Waals surface area contributed by atoms with Gasteiger partial charge in [-0.25, -0.2) is 0 Å². The topological polar surface area (TPSA) is 165 Å². The summed E-state index contributed by atoms with van der Waals surface area (Å²) in [6.45, 7) is 24.1. The Kier molecular flexibility index (Phi) is 35.4. The van der Waals surface area contributed by atoms with E-state index in [2.05, 4.69) is 83.8 Å². The van der Waals surface area contributed by atoms with Crippen LogP contribution in [-0.4, -0.2) is 241 Å². The first-order valence-electron chi connectivity index (χ1n) is 26.4. The molecule has 4 saturated carbocycles. The van der Waals surface area contributed by atoms with E-state index in [4.69, 9.17) is 5.73 Å². The van der Waals surface area contributed by atoms with Gasteiger partial charge in [0.2, 0.25) is 17.7 Å². The number of ketones is 1. The molecule has 4 saturated heterocycles. The molecule has 0 spiro atoms. The second-order valence-electron chi connectivity index (χ2n) is 21.1. The molecule has 4 heterocycles. The van der Waals surface area contributed by atoms with Crippen LogP contribution in [0.5, 0.6) is 0 Å². The van der Waals surface area contributed by atoms with Crippen LogP contribution in [-0.2, 0) is 19.2 Å². The minimum absolute atomic E-state index is 0. The Morgan fingerprint density at radius 2 is 0.725 bits per heavy atom. The first-order valence-corrected chi connectivity index (χ1v) is 26.4. The third-order valence-corrected chi connectivity index (χ3v) is 15.4. The van der Waals surface area contributed by atoms with Gasteiger partial charge in [-0.3, -0.25) is 33.9 Å². The minimum Gasteiger partial charge on any atom is -1.00 e. The zero-order chi connectivity index (χ0) is 47.8. The first-order chi connectivity index (χ1) is 31.6. The Hall–Kier alpha value is -0.925. The summed E-state index contributed by atoms with van der Waals surface area (Å²) in [4.78, 5) is 60.9. The van der Waals surface area contributed by atoms with Crippen molar-refractivity contribution in [1.29, 1.82) is 0 Å². The summed E-state index contributed by atoms with van der Waals surface area (Å²) in [5.74, 6) is 0.567. The van der Waals surface area contributed by atoms with Crippen LogP contribution in [0.4, 0.5) is 0 Å². The number of piperazine rings is 4. The smallest absolute Gasteiger partial charge is 1.00 e. The molecule has 69 heavy (non-hydrogen) atoms. The van der Waals surface area contributed by atoms with E-state index >= 15 is 0 Å². The van der Waals surface area contributed by atoms with Crippen molar-refractivity contribution in [1.82, 2.24) is 55.6 Å². The maximum atomic E-state index is 11.0. The summed E-state index contributed by atoms with van der Waals surface area (Å²) in [7, 11) is 8.77. The summed E-state index contributed by atoms with van der Waals surface area (Å²) in [6.07, 6.45) is 17.6. The Bertz CT molecular complexity index is 1300. The number of likely N-dealkylation sites (N-methyl/N-ethyl adjacent to an activating group) is 4. The molecule has 3 amide bonds. The van der Waals surface area contributed by atoms with Crippen LogP contribution in [0.25, 0.3) is 0 Å². The van der Waals surface area contributed by atoms with Gasteiger partial charge in [-0.05, 0) is 118 Å². The van der Waals surface area contributed by atoms with E-state index in [1.54, 1.807) is 13.8 Å².